The van der Waals surface area contributed by atoms with Gasteiger partial charge in [-0.3, -0.25) is 14.9 Å². The van der Waals surface area contributed by atoms with E-state index in [1.807, 2.05) is 6.92 Å². The fraction of sp³-hybridized carbons (Fsp3) is 0.462. The molecule has 0 atom stereocenters. The van der Waals surface area contributed by atoms with E-state index in [1.54, 1.807) is 6.07 Å². The van der Waals surface area contributed by atoms with Crippen LogP contribution in [0.1, 0.15) is 13.3 Å². The molecule has 1 heterocycles. The van der Waals surface area contributed by atoms with Crippen molar-refractivity contribution in [2.24, 2.45) is 0 Å². The molecule has 1 aromatic carbocycles. The molecule has 1 fully saturated rings. The molecule has 1 N–H and O–H groups in total. The molecule has 1 saturated heterocycles. The van der Waals surface area contributed by atoms with Crippen molar-refractivity contribution in [2.45, 2.75) is 18.9 Å². The molecule has 7 nitrogen and oxygen atoms in total. The normalized spacial score (nSPS) is 16.4. The van der Waals surface area contributed by atoms with Crippen molar-refractivity contribution in [3.8, 4) is 5.75 Å². The summed E-state index contributed by atoms with van der Waals surface area (Å²) >= 11 is 0. The smallest absolute Gasteiger partial charge is 0.273 e. The Morgan fingerprint density at radius 1 is 1.55 bits per heavy atom. The van der Waals surface area contributed by atoms with Crippen molar-refractivity contribution >= 4 is 11.6 Å². The summed E-state index contributed by atoms with van der Waals surface area (Å²) in [5, 5.41) is 20.4. The lowest BCUT2D eigenvalue weighted by Crippen LogP contribution is -2.63. The predicted molar refractivity (Wildman–Crippen MR) is 70.4 cm³/mol. The third-order valence-electron chi connectivity index (χ3n) is 3.37. The zero-order valence-corrected chi connectivity index (χ0v) is 11.1. The van der Waals surface area contributed by atoms with Crippen LogP contribution < -0.4 is 4.74 Å². The summed E-state index contributed by atoms with van der Waals surface area (Å²) in [4.78, 5) is 23.4. The van der Waals surface area contributed by atoms with Gasteiger partial charge in [-0.1, -0.05) is 13.0 Å². The van der Waals surface area contributed by atoms with Crippen LogP contribution in [-0.2, 0) is 4.79 Å². The van der Waals surface area contributed by atoms with Gasteiger partial charge in [0.1, 0.15) is 5.75 Å². The first-order valence-electron chi connectivity index (χ1n) is 6.31. The van der Waals surface area contributed by atoms with Gasteiger partial charge in [0.05, 0.1) is 29.7 Å². The number of rotatable bonds is 5. The molecule has 20 heavy (non-hydrogen) atoms. The lowest BCUT2D eigenvalue weighted by molar-refractivity contribution is -0.384. The molecule has 1 amide bonds. The van der Waals surface area contributed by atoms with Crippen molar-refractivity contribution < 1.29 is 19.6 Å². The van der Waals surface area contributed by atoms with Gasteiger partial charge < -0.3 is 14.7 Å². The van der Waals surface area contributed by atoms with Crippen LogP contribution in [0, 0.1) is 10.1 Å². The van der Waals surface area contributed by atoms with Crippen molar-refractivity contribution in [1.82, 2.24) is 4.90 Å². The number of benzene rings is 1. The summed E-state index contributed by atoms with van der Waals surface area (Å²) in [5.41, 5.74) is -0.861. The van der Waals surface area contributed by atoms with Gasteiger partial charge in [-0.05, 0) is 12.5 Å². The Bertz CT molecular complexity index is 525. The van der Waals surface area contributed by atoms with Crippen molar-refractivity contribution in [3.05, 3.63) is 34.4 Å². The number of ether oxygens (including phenoxy) is 1. The molecule has 1 aliphatic heterocycles. The number of hydrogen-bond acceptors (Lipinski definition) is 5. The molecule has 1 aromatic rings. The average Bonchev–Trinajstić information content (AvgIpc) is 2.41. The van der Waals surface area contributed by atoms with E-state index < -0.39 is 10.5 Å². The Morgan fingerprint density at radius 3 is 2.85 bits per heavy atom. The standard InChI is InChI=1S/C13H16N2O5/c1-2-13(17)8-14(9-13)12(16)7-20-11-5-3-4-10(6-11)15(18)19/h3-6,17H,2,7-9H2,1H3. The quantitative estimate of drug-likeness (QED) is 0.640. The predicted octanol–water partition coefficient (Wildman–Crippen LogP) is 0.957. The summed E-state index contributed by atoms with van der Waals surface area (Å²) in [7, 11) is 0. The largest absolute Gasteiger partial charge is 0.484 e. The highest BCUT2D eigenvalue weighted by atomic mass is 16.6. The second-order valence-electron chi connectivity index (χ2n) is 4.87. The molecule has 0 saturated carbocycles. The Morgan fingerprint density at radius 2 is 2.25 bits per heavy atom. The van der Waals surface area contributed by atoms with Crippen LogP contribution in [0.5, 0.6) is 5.75 Å². The first-order valence-corrected chi connectivity index (χ1v) is 6.31. The minimum absolute atomic E-state index is 0.0840. The number of aliphatic hydroxyl groups is 1. The molecule has 0 radical (unpaired) electrons. The fourth-order valence-corrected chi connectivity index (χ4v) is 1.99. The fourth-order valence-electron chi connectivity index (χ4n) is 1.99. The van der Waals surface area contributed by atoms with Crippen LogP contribution in [0.3, 0.4) is 0 Å². The van der Waals surface area contributed by atoms with Gasteiger partial charge in [-0.25, -0.2) is 0 Å². The number of hydrogen-bond donors (Lipinski definition) is 1. The van der Waals surface area contributed by atoms with E-state index in [-0.39, 0.29) is 24.0 Å². The Balaban J connectivity index is 1.85. The Labute approximate surface area is 115 Å². The minimum atomic E-state index is -0.777. The maximum Gasteiger partial charge on any atom is 0.273 e. The van der Waals surface area contributed by atoms with Crippen molar-refractivity contribution in [1.29, 1.82) is 0 Å². The molecule has 7 heteroatoms. The molecule has 0 aliphatic carbocycles. The lowest BCUT2D eigenvalue weighted by Gasteiger charge is -2.45. The van der Waals surface area contributed by atoms with Crippen molar-refractivity contribution in [2.75, 3.05) is 19.7 Å². The molecule has 108 valence electrons. The molecular weight excluding hydrogens is 264 g/mol. The van der Waals surface area contributed by atoms with Gasteiger partial charge >= 0.3 is 0 Å². The number of carbonyl (C=O) groups is 1. The first-order chi connectivity index (χ1) is 9.43. The molecule has 0 spiro atoms. The molecular formula is C13H16N2O5. The molecule has 0 unspecified atom stereocenters. The molecule has 1 aliphatic rings. The number of non-ortho nitro benzene ring substituents is 1. The highest BCUT2D eigenvalue weighted by Gasteiger charge is 2.41. The van der Waals surface area contributed by atoms with E-state index in [4.69, 9.17) is 4.74 Å². The average molecular weight is 280 g/mol. The monoisotopic (exact) mass is 280 g/mol. The zero-order valence-electron chi connectivity index (χ0n) is 11.1. The number of likely N-dealkylation sites (tertiary alicyclic amines) is 1. The maximum absolute atomic E-state index is 11.8. The third kappa shape index (κ3) is 3.05. The van der Waals surface area contributed by atoms with Crippen LogP contribution in [-0.4, -0.2) is 46.1 Å². The summed E-state index contributed by atoms with van der Waals surface area (Å²) < 4.78 is 5.24. The van der Waals surface area contributed by atoms with E-state index in [0.717, 1.165) is 0 Å². The highest BCUT2D eigenvalue weighted by Crippen LogP contribution is 2.24. The van der Waals surface area contributed by atoms with E-state index >= 15 is 0 Å². The van der Waals surface area contributed by atoms with E-state index in [9.17, 15) is 20.0 Å². The number of nitro groups is 1. The number of amides is 1. The number of β-amino-alcohol motifs (C(OH)–C–C–N with tert-alkyl or cyclic N) is 1. The van der Waals surface area contributed by atoms with Crippen LogP contribution >= 0.6 is 0 Å². The van der Waals surface area contributed by atoms with E-state index in [1.165, 1.54) is 23.1 Å². The minimum Gasteiger partial charge on any atom is -0.484 e. The zero-order chi connectivity index (χ0) is 14.8. The van der Waals surface area contributed by atoms with Gasteiger partial charge in [0.15, 0.2) is 6.61 Å². The van der Waals surface area contributed by atoms with Crippen LogP contribution in [0.4, 0.5) is 5.69 Å². The first kappa shape index (κ1) is 14.3. The second kappa shape index (κ2) is 5.46. The SMILES string of the molecule is CCC1(O)CN(C(=O)COc2cccc([N+](=O)[O-])c2)C1. The van der Waals surface area contributed by atoms with Gasteiger partial charge in [0.2, 0.25) is 0 Å². The molecule has 0 aromatic heterocycles. The molecule has 0 bridgehead atoms. The third-order valence-corrected chi connectivity index (χ3v) is 3.37. The summed E-state index contributed by atoms with van der Waals surface area (Å²) in [6.45, 7) is 2.28. The van der Waals surface area contributed by atoms with Gasteiger partial charge in [-0.2, -0.15) is 0 Å². The Kier molecular flexibility index (Phi) is 3.89. The topological polar surface area (TPSA) is 92.9 Å². The summed E-state index contributed by atoms with van der Waals surface area (Å²) in [5.74, 6) is 0.0356. The summed E-state index contributed by atoms with van der Waals surface area (Å²) in [6.07, 6.45) is 0.600. The van der Waals surface area contributed by atoms with Crippen molar-refractivity contribution in [3.63, 3.8) is 0 Å². The number of nitrogens with zero attached hydrogens (tertiary/aromatic N) is 2. The van der Waals surface area contributed by atoms with Gasteiger partial charge in [0.25, 0.3) is 11.6 Å². The van der Waals surface area contributed by atoms with Crippen LogP contribution in [0.2, 0.25) is 0 Å². The van der Waals surface area contributed by atoms with Gasteiger partial charge in [-0.15, -0.1) is 0 Å². The van der Waals surface area contributed by atoms with E-state index in [0.29, 0.717) is 19.5 Å². The summed E-state index contributed by atoms with van der Waals surface area (Å²) in [6, 6.07) is 5.67. The second-order valence-corrected chi connectivity index (χ2v) is 4.87. The maximum atomic E-state index is 11.8. The molecule has 2 rings (SSSR count). The highest BCUT2D eigenvalue weighted by molar-refractivity contribution is 5.79. The van der Waals surface area contributed by atoms with E-state index in [2.05, 4.69) is 0 Å². The number of carbonyl (C=O) groups excluding carboxylic acids is 1. The van der Waals surface area contributed by atoms with Gasteiger partial charge in [0, 0.05) is 6.07 Å². The number of nitro benzene ring substituents is 1. The Hall–Kier alpha value is -2.15. The van der Waals surface area contributed by atoms with Crippen LogP contribution in [0.25, 0.3) is 0 Å². The van der Waals surface area contributed by atoms with Crippen LogP contribution in [0.15, 0.2) is 24.3 Å². The lowest BCUT2D eigenvalue weighted by atomic mass is 9.91.